The van der Waals surface area contributed by atoms with Crippen LogP contribution in [0.5, 0.6) is 0 Å². The summed E-state index contributed by atoms with van der Waals surface area (Å²) in [5.74, 6) is -0.173. The molecule has 2 aromatic carbocycles. The van der Waals surface area contributed by atoms with Gasteiger partial charge in [-0.1, -0.05) is 29.8 Å². The van der Waals surface area contributed by atoms with Gasteiger partial charge < -0.3 is 25.0 Å². The summed E-state index contributed by atoms with van der Waals surface area (Å²) in [7, 11) is 1.27. The molecule has 154 valence electrons. The Balaban J connectivity index is 1.64. The number of fused-ring (bicyclic) bond motifs is 1. The van der Waals surface area contributed by atoms with Gasteiger partial charge in [0.2, 0.25) is 0 Å². The Morgan fingerprint density at radius 1 is 1.27 bits per heavy atom. The van der Waals surface area contributed by atoms with Crippen molar-refractivity contribution in [2.45, 2.75) is 6.92 Å². The Kier molecular flexibility index (Phi) is 5.24. The summed E-state index contributed by atoms with van der Waals surface area (Å²) in [6.45, 7) is 2.08. The van der Waals surface area contributed by atoms with E-state index in [0.29, 0.717) is 5.69 Å². The first-order valence-electron chi connectivity index (χ1n) is 9.55. The highest BCUT2D eigenvalue weighted by Crippen LogP contribution is 2.26. The number of ether oxygens (including phenoxy) is 1. The minimum absolute atomic E-state index is 0.0955. The highest BCUT2D eigenvalue weighted by molar-refractivity contribution is 6.08. The Morgan fingerprint density at radius 3 is 2.73 bits per heavy atom. The number of aliphatic hydroxyl groups excluding tert-OH is 1. The van der Waals surface area contributed by atoms with Crippen molar-refractivity contribution in [3.05, 3.63) is 59.3 Å². The standard InChI is InChI=1S/C22H22N4O4/c1-13-3-5-14(6-4-13)20-24-17-8-7-15(11-18(17)25-20)23-19-16(22(29)30-2)12-26(9-10-27)21(19)28/h3-8,11,23,27H,9-10,12H2,1-2H3,(H,24,25). The second kappa shape index (κ2) is 8.00. The molecule has 0 fully saturated rings. The molecule has 30 heavy (non-hydrogen) atoms. The number of esters is 1. The van der Waals surface area contributed by atoms with Gasteiger partial charge in [-0.3, -0.25) is 4.79 Å². The fourth-order valence-electron chi connectivity index (χ4n) is 3.43. The normalized spacial score (nSPS) is 14.0. The second-order valence-electron chi connectivity index (χ2n) is 7.10. The van der Waals surface area contributed by atoms with Crippen LogP contribution in [0.25, 0.3) is 22.4 Å². The zero-order valence-electron chi connectivity index (χ0n) is 16.7. The molecule has 1 aliphatic rings. The van der Waals surface area contributed by atoms with Crippen molar-refractivity contribution in [2.24, 2.45) is 0 Å². The van der Waals surface area contributed by atoms with Gasteiger partial charge in [0.05, 0.1) is 36.9 Å². The van der Waals surface area contributed by atoms with E-state index >= 15 is 0 Å². The van der Waals surface area contributed by atoms with Crippen LogP contribution in [-0.2, 0) is 14.3 Å². The second-order valence-corrected chi connectivity index (χ2v) is 7.10. The largest absolute Gasteiger partial charge is 0.466 e. The topological polar surface area (TPSA) is 108 Å². The first kappa shape index (κ1) is 19.7. The molecule has 1 aromatic heterocycles. The predicted octanol–water partition coefficient (Wildman–Crippen LogP) is 2.21. The lowest BCUT2D eigenvalue weighted by Gasteiger charge is -2.15. The van der Waals surface area contributed by atoms with Gasteiger partial charge in [-0.25, -0.2) is 9.78 Å². The SMILES string of the molecule is COC(=O)C1=C(Nc2ccc3nc(-c4ccc(C)cc4)[nH]c3c2)C(=O)N(CCO)C1. The lowest BCUT2D eigenvalue weighted by molar-refractivity contribution is -0.136. The molecule has 0 saturated heterocycles. The van der Waals surface area contributed by atoms with Crippen molar-refractivity contribution in [1.82, 2.24) is 14.9 Å². The molecule has 1 aliphatic heterocycles. The number of amides is 1. The fraction of sp³-hybridized carbons (Fsp3) is 0.227. The van der Waals surface area contributed by atoms with E-state index in [9.17, 15) is 14.7 Å². The number of imidazole rings is 1. The summed E-state index contributed by atoms with van der Waals surface area (Å²) in [6.07, 6.45) is 0. The molecule has 8 heteroatoms. The van der Waals surface area contributed by atoms with E-state index < -0.39 is 5.97 Å². The van der Waals surface area contributed by atoms with E-state index in [-0.39, 0.29) is 36.9 Å². The molecule has 3 aromatic rings. The number of aryl methyl sites for hydroxylation is 1. The van der Waals surface area contributed by atoms with Crippen LogP contribution in [-0.4, -0.2) is 58.7 Å². The van der Waals surface area contributed by atoms with E-state index in [2.05, 4.69) is 15.3 Å². The number of nitrogens with zero attached hydrogens (tertiary/aromatic N) is 2. The maximum atomic E-state index is 12.7. The Labute approximate surface area is 173 Å². The number of carbonyl (C=O) groups is 2. The van der Waals surface area contributed by atoms with Crippen molar-refractivity contribution >= 4 is 28.6 Å². The van der Waals surface area contributed by atoms with Crippen molar-refractivity contribution in [3.8, 4) is 11.4 Å². The molecule has 3 N–H and O–H groups in total. The van der Waals surface area contributed by atoms with Crippen LogP contribution in [0.15, 0.2) is 53.7 Å². The number of anilines is 1. The minimum Gasteiger partial charge on any atom is -0.466 e. The molecule has 0 bridgehead atoms. The summed E-state index contributed by atoms with van der Waals surface area (Å²) in [6, 6.07) is 13.5. The predicted molar refractivity (Wildman–Crippen MR) is 113 cm³/mol. The monoisotopic (exact) mass is 406 g/mol. The lowest BCUT2D eigenvalue weighted by Crippen LogP contribution is -2.31. The van der Waals surface area contributed by atoms with E-state index in [1.54, 1.807) is 6.07 Å². The van der Waals surface area contributed by atoms with Gasteiger partial charge in [0.15, 0.2) is 0 Å². The quantitative estimate of drug-likeness (QED) is 0.542. The van der Waals surface area contributed by atoms with E-state index in [0.717, 1.165) is 22.4 Å². The molecular weight excluding hydrogens is 384 g/mol. The van der Waals surface area contributed by atoms with Gasteiger partial charge in [-0.2, -0.15) is 0 Å². The average molecular weight is 406 g/mol. The maximum Gasteiger partial charge on any atom is 0.337 e. The summed E-state index contributed by atoms with van der Waals surface area (Å²) in [5, 5.41) is 12.2. The molecule has 0 unspecified atom stereocenters. The summed E-state index contributed by atoms with van der Waals surface area (Å²) >= 11 is 0. The van der Waals surface area contributed by atoms with Crippen LogP contribution in [0.2, 0.25) is 0 Å². The number of β-amino-alcohol motifs (C(OH)–C–C–N with tert-alkyl or cyclic N) is 1. The number of hydrogen-bond donors (Lipinski definition) is 3. The summed E-state index contributed by atoms with van der Waals surface area (Å²) in [5.41, 5.74) is 4.78. The summed E-state index contributed by atoms with van der Waals surface area (Å²) in [4.78, 5) is 34.1. The third kappa shape index (κ3) is 3.65. The first-order valence-corrected chi connectivity index (χ1v) is 9.55. The molecule has 0 saturated carbocycles. The maximum absolute atomic E-state index is 12.7. The van der Waals surface area contributed by atoms with Crippen LogP contribution in [0.4, 0.5) is 5.69 Å². The molecule has 2 heterocycles. The zero-order chi connectivity index (χ0) is 21.3. The van der Waals surface area contributed by atoms with Gasteiger partial charge in [0.1, 0.15) is 11.5 Å². The van der Waals surface area contributed by atoms with Gasteiger partial charge in [-0.05, 0) is 25.1 Å². The van der Waals surface area contributed by atoms with E-state index in [4.69, 9.17) is 4.74 Å². The number of hydrogen-bond acceptors (Lipinski definition) is 6. The number of carbonyl (C=O) groups excluding carboxylic acids is 2. The van der Waals surface area contributed by atoms with E-state index in [1.807, 2.05) is 43.3 Å². The first-order chi connectivity index (χ1) is 14.5. The molecule has 1 amide bonds. The number of rotatable bonds is 6. The number of aliphatic hydroxyl groups is 1. The number of nitrogens with one attached hydrogen (secondary N) is 2. The van der Waals surface area contributed by atoms with Crippen molar-refractivity contribution < 1.29 is 19.4 Å². The van der Waals surface area contributed by atoms with Gasteiger partial charge in [0, 0.05) is 17.8 Å². The molecule has 0 spiro atoms. The van der Waals surface area contributed by atoms with Gasteiger partial charge in [-0.15, -0.1) is 0 Å². The van der Waals surface area contributed by atoms with Crippen molar-refractivity contribution in [3.63, 3.8) is 0 Å². The smallest absolute Gasteiger partial charge is 0.337 e. The molecular formula is C22H22N4O4. The van der Waals surface area contributed by atoms with Crippen LogP contribution in [0.1, 0.15) is 5.56 Å². The third-order valence-corrected chi connectivity index (χ3v) is 5.03. The minimum atomic E-state index is -0.574. The molecule has 0 atom stereocenters. The van der Waals surface area contributed by atoms with Crippen LogP contribution >= 0.6 is 0 Å². The Hall–Kier alpha value is -3.65. The van der Waals surface area contributed by atoms with Gasteiger partial charge >= 0.3 is 5.97 Å². The van der Waals surface area contributed by atoms with Crippen LogP contribution in [0.3, 0.4) is 0 Å². The molecule has 0 radical (unpaired) electrons. The number of aromatic nitrogens is 2. The lowest BCUT2D eigenvalue weighted by atomic mass is 10.1. The number of benzene rings is 2. The van der Waals surface area contributed by atoms with Crippen molar-refractivity contribution in [1.29, 1.82) is 0 Å². The Bertz CT molecular complexity index is 1150. The highest BCUT2D eigenvalue weighted by atomic mass is 16.5. The van der Waals surface area contributed by atoms with Crippen LogP contribution < -0.4 is 5.32 Å². The number of methoxy groups -OCH3 is 1. The van der Waals surface area contributed by atoms with E-state index in [1.165, 1.54) is 17.6 Å². The van der Waals surface area contributed by atoms with Crippen LogP contribution in [0, 0.1) is 6.92 Å². The van der Waals surface area contributed by atoms with Crippen molar-refractivity contribution in [2.75, 3.05) is 32.1 Å². The fourth-order valence-corrected chi connectivity index (χ4v) is 3.43. The molecule has 0 aliphatic carbocycles. The summed E-state index contributed by atoms with van der Waals surface area (Å²) < 4.78 is 4.81. The van der Waals surface area contributed by atoms with Gasteiger partial charge in [0.25, 0.3) is 5.91 Å². The molecule has 8 nitrogen and oxygen atoms in total. The number of H-pyrrole nitrogens is 1. The Morgan fingerprint density at radius 2 is 2.03 bits per heavy atom. The average Bonchev–Trinajstić information content (AvgIpc) is 3.30. The third-order valence-electron chi connectivity index (χ3n) is 5.03. The highest BCUT2D eigenvalue weighted by Gasteiger charge is 2.34. The molecule has 4 rings (SSSR count). The number of aromatic amines is 1. The zero-order valence-corrected chi connectivity index (χ0v) is 16.7.